The van der Waals surface area contributed by atoms with Gasteiger partial charge in [-0.05, 0) is 103 Å². The van der Waals surface area contributed by atoms with Crippen LogP contribution in [-0.4, -0.2) is 0 Å². The third-order valence-corrected chi connectivity index (χ3v) is 7.99. The van der Waals surface area contributed by atoms with E-state index in [0.717, 1.165) is 23.7 Å². The van der Waals surface area contributed by atoms with E-state index in [1.807, 2.05) is 0 Å². The molecule has 2 aliphatic rings. The largest absolute Gasteiger partial charge is 0.103 e. The van der Waals surface area contributed by atoms with Crippen molar-refractivity contribution in [2.24, 2.45) is 17.8 Å². The summed E-state index contributed by atoms with van der Waals surface area (Å²) in [6.07, 6.45) is 18.9. The van der Waals surface area contributed by atoms with Crippen molar-refractivity contribution in [1.82, 2.24) is 0 Å². The van der Waals surface area contributed by atoms with Gasteiger partial charge < -0.3 is 0 Å². The first-order chi connectivity index (χ1) is 14.2. The van der Waals surface area contributed by atoms with E-state index >= 15 is 0 Å². The third kappa shape index (κ3) is 5.33. The summed E-state index contributed by atoms with van der Waals surface area (Å²) in [5.74, 6) is 3.58. The van der Waals surface area contributed by atoms with Crippen LogP contribution in [0.25, 0.3) is 10.8 Å². The zero-order valence-electron chi connectivity index (χ0n) is 18.5. The Bertz CT molecular complexity index is 785. The molecule has 0 radical (unpaired) electrons. The Hall–Kier alpha value is -1.56. The fourth-order valence-electron chi connectivity index (χ4n) is 5.98. The topological polar surface area (TPSA) is 0 Å². The van der Waals surface area contributed by atoms with Gasteiger partial charge in [-0.25, -0.2) is 0 Å². The van der Waals surface area contributed by atoms with Gasteiger partial charge in [0.15, 0.2) is 0 Å². The summed E-state index contributed by atoms with van der Waals surface area (Å²) in [7, 11) is 0. The summed E-state index contributed by atoms with van der Waals surface area (Å²) < 4.78 is 0. The lowest BCUT2D eigenvalue weighted by Crippen LogP contribution is -2.17. The van der Waals surface area contributed by atoms with Gasteiger partial charge >= 0.3 is 0 Å². The first kappa shape index (κ1) is 20.7. The summed E-state index contributed by atoms with van der Waals surface area (Å²) in [5.41, 5.74) is 3.06. The van der Waals surface area contributed by atoms with Crippen LogP contribution < -0.4 is 0 Å². The van der Waals surface area contributed by atoms with E-state index < -0.39 is 0 Å². The maximum absolute atomic E-state index is 3.99. The molecule has 0 saturated heterocycles. The highest BCUT2D eigenvalue weighted by Crippen LogP contribution is 2.40. The van der Waals surface area contributed by atoms with Crippen molar-refractivity contribution >= 4 is 10.8 Å². The quantitative estimate of drug-likeness (QED) is 0.415. The van der Waals surface area contributed by atoms with Gasteiger partial charge in [-0.3, -0.25) is 0 Å². The van der Waals surface area contributed by atoms with Crippen LogP contribution in [0, 0.1) is 17.8 Å². The second-order valence-electron chi connectivity index (χ2n) is 10.0. The van der Waals surface area contributed by atoms with E-state index in [2.05, 4.69) is 56.0 Å². The number of aryl methyl sites for hydroxylation is 1. The SMILES string of the molecule is C=CC1CCC(CCC2CCC(c3ccc4cc(CCC)ccc4c3)CC2)CC1. The molecule has 2 aliphatic carbocycles. The second-order valence-corrected chi connectivity index (χ2v) is 10.0. The number of fused-ring (bicyclic) bond motifs is 1. The predicted molar refractivity (Wildman–Crippen MR) is 128 cm³/mol. The first-order valence-corrected chi connectivity index (χ1v) is 12.4. The summed E-state index contributed by atoms with van der Waals surface area (Å²) in [6.45, 7) is 6.25. The standard InChI is InChI=1S/C29H40/c1-3-5-25-14-17-29-21-28(19-18-27(29)20-25)26-15-12-24(13-16-26)11-10-23-8-6-22(4-2)7-9-23/h4,14,17-24,26H,2-3,5-13,15-16H2,1H3. The van der Waals surface area contributed by atoms with Gasteiger partial charge in [0, 0.05) is 0 Å². The number of rotatable bonds is 7. The van der Waals surface area contributed by atoms with Crippen molar-refractivity contribution in [1.29, 1.82) is 0 Å². The molecular formula is C29H40. The Kier molecular flexibility index (Phi) is 7.11. The van der Waals surface area contributed by atoms with Gasteiger partial charge in [-0.1, -0.05) is 68.7 Å². The molecule has 4 rings (SSSR count). The van der Waals surface area contributed by atoms with Crippen LogP contribution in [-0.2, 0) is 6.42 Å². The van der Waals surface area contributed by atoms with Crippen LogP contribution in [0.1, 0.15) is 94.6 Å². The smallest absolute Gasteiger partial charge is 0.0162 e. The first-order valence-electron chi connectivity index (χ1n) is 12.4. The lowest BCUT2D eigenvalue weighted by Gasteiger charge is -2.31. The van der Waals surface area contributed by atoms with Gasteiger partial charge in [-0.2, -0.15) is 0 Å². The maximum atomic E-state index is 3.99. The molecule has 0 N–H and O–H groups in total. The lowest BCUT2D eigenvalue weighted by atomic mass is 9.74. The molecule has 2 saturated carbocycles. The van der Waals surface area contributed by atoms with Crippen LogP contribution in [0.5, 0.6) is 0 Å². The molecule has 2 fully saturated rings. The Morgan fingerprint density at radius 1 is 0.793 bits per heavy atom. The van der Waals surface area contributed by atoms with Gasteiger partial charge in [0.05, 0.1) is 0 Å². The summed E-state index contributed by atoms with van der Waals surface area (Å²) in [6, 6.07) is 14.3. The Morgan fingerprint density at radius 3 is 2.07 bits per heavy atom. The van der Waals surface area contributed by atoms with E-state index in [0.29, 0.717) is 0 Å². The van der Waals surface area contributed by atoms with Crippen molar-refractivity contribution in [2.75, 3.05) is 0 Å². The zero-order chi connectivity index (χ0) is 20.1. The molecule has 29 heavy (non-hydrogen) atoms. The molecular weight excluding hydrogens is 348 g/mol. The minimum absolute atomic E-state index is 0.786. The third-order valence-electron chi connectivity index (χ3n) is 7.99. The van der Waals surface area contributed by atoms with E-state index in [4.69, 9.17) is 0 Å². The molecule has 0 unspecified atom stereocenters. The fraction of sp³-hybridized carbons (Fsp3) is 0.586. The van der Waals surface area contributed by atoms with Crippen LogP contribution in [0.2, 0.25) is 0 Å². The summed E-state index contributed by atoms with van der Waals surface area (Å²) in [5, 5.41) is 2.85. The van der Waals surface area contributed by atoms with Crippen molar-refractivity contribution in [3.8, 4) is 0 Å². The molecule has 2 aromatic carbocycles. The highest BCUT2D eigenvalue weighted by atomic mass is 14.3. The summed E-state index contributed by atoms with van der Waals surface area (Å²) in [4.78, 5) is 0. The van der Waals surface area contributed by atoms with Crippen LogP contribution in [0.4, 0.5) is 0 Å². The average molecular weight is 389 g/mol. The maximum Gasteiger partial charge on any atom is -0.0162 e. The van der Waals surface area contributed by atoms with E-state index in [1.54, 1.807) is 5.56 Å². The summed E-state index contributed by atoms with van der Waals surface area (Å²) >= 11 is 0. The molecule has 156 valence electrons. The van der Waals surface area contributed by atoms with Crippen molar-refractivity contribution in [3.63, 3.8) is 0 Å². The minimum atomic E-state index is 0.786. The van der Waals surface area contributed by atoms with Crippen LogP contribution in [0.3, 0.4) is 0 Å². The number of benzene rings is 2. The van der Waals surface area contributed by atoms with E-state index in [9.17, 15) is 0 Å². The van der Waals surface area contributed by atoms with Crippen molar-refractivity contribution in [3.05, 3.63) is 60.2 Å². The number of hydrogen-bond donors (Lipinski definition) is 0. The van der Waals surface area contributed by atoms with Gasteiger partial charge in [0.25, 0.3) is 0 Å². The molecule has 0 aromatic heterocycles. The number of hydrogen-bond acceptors (Lipinski definition) is 0. The van der Waals surface area contributed by atoms with Crippen molar-refractivity contribution in [2.45, 2.75) is 89.9 Å². The minimum Gasteiger partial charge on any atom is -0.103 e. The van der Waals surface area contributed by atoms with Crippen molar-refractivity contribution < 1.29 is 0 Å². The molecule has 0 aliphatic heterocycles. The molecule has 0 heterocycles. The second kappa shape index (κ2) is 9.96. The Balaban J connectivity index is 1.27. The van der Waals surface area contributed by atoms with Crippen LogP contribution in [0.15, 0.2) is 49.1 Å². The molecule has 0 atom stereocenters. The van der Waals surface area contributed by atoms with E-state index in [-0.39, 0.29) is 0 Å². The molecule has 0 bridgehead atoms. The molecule has 0 nitrogen and oxygen atoms in total. The normalized spacial score (nSPS) is 27.8. The number of allylic oxidation sites excluding steroid dienone is 1. The zero-order valence-corrected chi connectivity index (χ0v) is 18.5. The molecule has 0 amide bonds. The lowest BCUT2D eigenvalue weighted by molar-refractivity contribution is 0.246. The fourth-order valence-corrected chi connectivity index (χ4v) is 5.98. The van der Waals surface area contributed by atoms with E-state index in [1.165, 1.54) is 93.4 Å². The molecule has 0 spiro atoms. The van der Waals surface area contributed by atoms with Gasteiger partial charge in [0.1, 0.15) is 0 Å². The molecule has 0 heteroatoms. The highest BCUT2D eigenvalue weighted by molar-refractivity contribution is 5.84. The van der Waals surface area contributed by atoms with Crippen LogP contribution >= 0.6 is 0 Å². The molecule has 2 aromatic rings. The predicted octanol–water partition coefficient (Wildman–Crippen LogP) is 8.84. The average Bonchev–Trinajstić information content (AvgIpc) is 2.78. The monoisotopic (exact) mass is 388 g/mol. The van der Waals surface area contributed by atoms with Gasteiger partial charge in [0.2, 0.25) is 0 Å². The Morgan fingerprint density at radius 2 is 1.41 bits per heavy atom. The van der Waals surface area contributed by atoms with Gasteiger partial charge in [-0.15, -0.1) is 6.58 Å². The Labute approximate surface area is 178 Å². The highest BCUT2D eigenvalue weighted by Gasteiger charge is 2.25.